The Morgan fingerprint density at radius 1 is 1.44 bits per heavy atom. The zero-order chi connectivity index (χ0) is 13.0. The van der Waals surface area contributed by atoms with Crippen LogP contribution in [0, 0.1) is 0 Å². The van der Waals surface area contributed by atoms with Crippen molar-refractivity contribution in [2.75, 3.05) is 18.0 Å². The van der Waals surface area contributed by atoms with Gasteiger partial charge in [0.2, 0.25) is 5.91 Å². The molecule has 1 aromatic carbocycles. The summed E-state index contributed by atoms with van der Waals surface area (Å²) in [6.45, 7) is 7.73. The van der Waals surface area contributed by atoms with Gasteiger partial charge in [-0.25, -0.2) is 0 Å². The second kappa shape index (κ2) is 5.71. The Hall–Kier alpha value is -1.77. The molecular formula is C15H20N2O. The SMILES string of the molecule is C=CC(=O)N[C@@H](C)c1cccc(N2CCCC2)c1. The van der Waals surface area contributed by atoms with Crippen LogP contribution in [0.1, 0.15) is 31.4 Å². The average molecular weight is 244 g/mol. The average Bonchev–Trinajstić information content (AvgIpc) is 2.92. The third-order valence-corrected chi connectivity index (χ3v) is 3.39. The highest BCUT2D eigenvalue weighted by atomic mass is 16.1. The number of benzene rings is 1. The van der Waals surface area contributed by atoms with Gasteiger partial charge in [0.05, 0.1) is 6.04 Å². The zero-order valence-electron chi connectivity index (χ0n) is 10.9. The van der Waals surface area contributed by atoms with Gasteiger partial charge in [0.15, 0.2) is 0 Å². The van der Waals surface area contributed by atoms with Crippen molar-refractivity contribution in [3.05, 3.63) is 42.5 Å². The van der Waals surface area contributed by atoms with E-state index in [4.69, 9.17) is 0 Å². The lowest BCUT2D eigenvalue weighted by atomic mass is 10.1. The molecule has 1 saturated heterocycles. The van der Waals surface area contributed by atoms with Gasteiger partial charge in [-0.3, -0.25) is 4.79 Å². The first-order chi connectivity index (χ1) is 8.70. The van der Waals surface area contributed by atoms with E-state index < -0.39 is 0 Å². The van der Waals surface area contributed by atoms with Crippen LogP contribution in [0.15, 0.2) is 36.9 Å². The monoisotopic (exact) mass is 244 g/mol. The first-order valence-corrected chi connectivity index (χ1v) is 6.48. The molecule has 1 aliphatic heterocycles. The Bertz CT molecular complexity index is 436. The number of nitrogens with zero attached hydrogens (tertiary/aromatic N) is 1. The molecular weight excluding hydrogens is 224 g/mol. The normalized spacial score (nSPS) is 16.4. The number of carbonyl (C=O) groups is 1. The van der Waals surface area contributed by atoms with Crippen LogP contribution in [0.5, 0.6) is 0 Å². The van der Waals surface area contributed by atoms with Crippen LogP contribution >= 0.6 is 0 Å². The minimum Gasteiger partial charge on any atom is -0.372 e. The van der Waals surface area contributed by atoms with Crippen molar-refractivity contribution in [1.29, 1.82) is 0 Å². The molecule has 3 heteroatoms. The molecule has 1 N–H and O–H groups in total. The van der Waals surface area contributed by atoms with Gasteiger partial charge < -0.3 is 10.2 Å². The number of hydrogen-bond donors (Lipinski definition) is 1. The maximum atomic E-state index is 11.3. The fraction of sp³-hybridized carbons (Fsp3) is 0.400. The van der Waals surface area contributed by atoms with Crippen molar-refractivity contribution in [3.63, 3.8) is 0 Å². The number of anilines is 1. The van der Waals surface area contributed by atoms with E-state index in [1.807, 2.05) is 13.0 Å². The van der Waals surface area contributed by atoms with E-state index in [0.29, 0.717) is 0 Å². The molecule has 0 radical (unpaired) electrons. The smallest absolute Gasteiger partial charge is 0.243 e. The van der Waals surface area contributed by atoms with Gasteiger partial charge in [0.1, 0.15) is 0 Å². The third-order valence-electron chi connectivity index (χ3n) is 3.39. The summed E-state index contributed by atoms with van der Waals surface area (Å²) in [5.74, 6) is -0.130. The zero-order valence-corrected chi connectivity index (χ0v) is 10.9. The lowest BCUT2D eigenvalue weighted by molar-refractivity contribution is -0.117. The second-order valence-corrected chi connectivity index (χ2v) is 4.72. The van der Waals surface area contributed by atoms with Crippen molar-refractivity contribution >= 4 is 11.6 Å². The molecule has 0 aliphatic carbocycles. The molecule has 0 aromatic heterocycles. The predicted octanol–water partition coefficient (Wildman–Crippen LogP) is 2.65. The maximum Gasteiger partial charge on any atom is 0.243 e. The van der Waals surface area contributed by atoms with Crippen molar-refractivity contribution in [1.82, 2.24) is 5.32 Å². The Morgan fingerprint density at radius 2 is 2.17 bits per heavy atom. The molecule has 1 aromatic rings. The molecule has 1 amide bonds. The van der Waals surface area contributed by atoms with Gasteiger partial charge in [-0.1, -0.05) is 18.7 Å². The molecule has 1 aliphatic rings. The van der Waals surface area contributed by atoms with Crippen LogP contribution in [0.3, 0.4) is 0 Å². The summed E-state index contributed by atoms with van der Waals surface area (Å²) in [5, 5.41) is 2.89. The topological polar surface area (TPSA) is 32.3 Å². The van der Waals surface area contributed by atoms with Crippen LogP contribution in [0.25, 0.3) is 0 Å². The molecule has 0 saturated carbocycles. The predicted molar refractivity (Wildman–Crippen MR) is 74.6 cm³/mol. The van der Waals surface area contributed by atoms with Gasteiger partial charge in [0.25, 0.3) is 0 Å². The van der Waals surface area contributed by atoms with Crippen molar-refractivity contribution in [2.45, 2.75) is 25.8 Å². The highest BCUT2D eigenvalue weighted by Gasteiger charge is 2.14. The van der Waals surface area contributed by atoms with Crippen LogP contribution in [-0.2, 0) is 4.79 Å². The van der Waals surface area contributed by atoms with Gasteiger partial charge in [-0.2, -0.15) is 0 Å². The number of amides is 1. The Balaban J connectivity index is 2.10. The summed E-state index contributed by atoms with van der Waals surface area (Å²) in [4.78, 5) is 13.7. The quantitative estimate of drug-likeness (QED) is 0.826. The van der Waals surface area contributed by atoms with Crippen LogP contribution in [0.2, 0.25) is 0 Å². The molecule has 0 bridgehead atoms. The Morgan fingerprint density at radius 3 is 2.83 bits per heavy atom. The van der Waals surface area contributed by atoms with Gasteiger partial charge in [0, 0.05) is 18.8 Å². The van der Waals surface area contributed by atoms with Crippen molar-refractivity contribution in [3.8, 4) is 0 Å². The Labute approximate surface area is 108 Å². The number of nitrogens with one attached hydrogen (secondary N) is 1. The van der Waals surface area contributed by atoms with E-state index in [0.717, 1.165) is 18.7 Å². The van der Waals surface area contributed by atoms with Crippen LogP contribution in [-0.4, -0.2) is 19.0 Å². The van der Waals surface area contributed by atoms with E-state index in [1.165, 1.54) is 24.6 Å². The summed E-state index contributed by atoms with van der Waals surface area (Å²) in [5.41, 5.74) is 2.39. The van der Waals surface area contributed by atoms with Crippen LogP contribution in [0.4, 0.5) is 5.69 Å². The van der Waals surface area contributed by atoms with E-state index in [9.17, 15) is 4.79 Å². The number of rotatable bonds is 4. The highest BCUT2D eigenvalue weighted by molar-refractivity contribution is 5.87. The minimum absolute atomic E-state index is 0.0121. The standard InChI is InChI=1S/C15H20N2O/c1-3-15(18)16-12(2)13-7-6-8-14(11-13)17-9-4-5-10-17/h3,6-8,11-12H,1,4-5,9-10H2,2H3,(H,16,18)/t12-/m0/s1. The van der Waals surface area contributed by atoms with Gasteiger partial charge >= 0.3 is 0 Å². The largest absolute Gasteiger partial charge is 0.372 e. The van der Waals surface area contributed by atoms with Gasteiger partial charge in [-0.05, 0) is 43.5 Å². The summed E-state index contributed by atoms with van der Waals surface area (Å²) < 4.78 is 0. The minimum atomic E-state index is -0.130. The van der Waals surface area contributed by atoms with Gasteiger partial charge in [-0.15, -0.1) is 0 Å². The van der Waals surface area contributed by atoms with Crippen molar-refractivity contribution < 1.29 is 4.79 Å². The van der Waals surface area contributed by atoms with E-state index >= 15 is 0 Å². The van der Waals surface area contributed by atoms with E-state index in [1.54, 1.807) is 0 Å². The molecule has 96 valence electrons. The fourth-order valence-electron chi connectivity index (χ4n) is 2.32. The molecule has 18 heavy (non-hydrogen) atoms. The summed E-state index contributed by atoms with van der Waals surface area (Å²) >= 11 is 0. The molecule has 1 fully saturated rings. The summed E-state index contributed by atoms with van der Waals surface area (Å²) in [7, 11) is 0. The molecule has 3 nitrogen and oxygen atoms in total. The summed E-state index contributed by atoms with van der Waals surface area (Å²) in [6, 6.07) is 8.42. The van der Waals surface area contributed by atoms with Crippen LogP contribution < -0.4 is 10.2 Å². The molecule has 1 heterocycles. The molecule has 0 unspecified atom stereocenters. The van der Waals surface area contributed by atoms with Crippen molar-refractivity contribution in [2.24, 2.45) is 0 Å². The van der Waals surface area contributed by atoms with E-state index in [2.05, 4.69) is 35.0 Å². The molecule has 0 spiro atoms. The fourth-order valence-corrected chi connectivity index (χ4v) is 2.32. The second-order valence-electron chi connectivity index (χ2n) is 4.72. The highest BCUT2D eigenvalue weighted by Crippen LogP contribution is 2.23. The first kappa shape index (κ1) is 12.7. The first-order valence-electron chi connectivity index (χ1n) is 6.48. The van der Waals surface area contributed by atoms with E-state index in [-0.39, 0.29) is 11.9 Å². The third kappa shape index (κ3) is 2.92. The molecule has 1 atom stereocenters. The lowest BCUT2D eigenvalue weighted by Gasteiger charge is -2.20. The Kier molecular flexibility index (Phi) is 4.03. The maximum absolute atomic E-state index is 11.3. The lowest BCUT2D eigenvalue weighted by Crippen LogP contribution is -2.25. The number of carbonyl (C=O) groups excluding carboxylic acids is 1. The molecule has 2 rings (SSSR count). The number of hydrogen-bond acceptors (Lipinski definition) is 2. The summed E-state index contributed by atoms with van der Waals surface area (Å²) in [6.07, 6.45) is 3.85.